The van der Waals surface area contributed by atoms with Gasteiger partial charge in [0.2, 0.25) is 0 Å². The normalized spacial score (nSPS) is 11.4. The summed E-state index contributed by atoms with van der Waals surface area (Å²) in [6.07, 6.45) is 1.58. The van der Waals surface area contributed by atoms with Crippen molar-refractivity contribution < 1.29 is 4.74 Å². The van der Waals surface area contributed by atoms with Gasteiger partial charge in [-0.2, -0.15) is 0 Å². The minimum absolute atomic E-state index is 0.614. The van der Waals surface area contributed by atoms with Crippen LogP contribution >= 0.6 is 46.4 Å². The summed E-state index contributed by atoms with van der Waals surface area (Å²) in [5.74, 6) is 0. The highest BCUT2D eigenvalue weighted by Crippen LogP contribution is 2.32. The van der Waals surface area contributed by atoms with Gasteiger partial charge in [-0.05, 0) is 128 Å². The second-order valence-electron chi connectivity index (χ2n) is 10.1. The van der Waals surface area contributed by atoms with Crippen LogP contribution in [-0.2, 0) is 17.6 Å². The molecule has 0 aliphatic heterocycles. The average Bonchev–Trinajstić information content (AvgIpc) is 2.97. The molecule has 6 aromatic rings. The van der Waals surface area contributed by atoms with Crippen molar-refractivity contribution in [3.05, 3.63) is 140 Å². The van der Waals surface area contributed by atoms with E-state index in [4.69, 9.17) is 51.1 Å². The molecule has 0 unspecified atom stereocenters. The highest BCUT2D eigenvalue weighted by molar-refractivity contribution is 6.32. The van der Waals surface area contributed by atoms with Gasteiger partial charge in [0.05, 0.1) is 13.2 Å². The lowest BCUT2D eigenvalue weighted by atomic mass is 9.95. The molecule has 0 fully saturated rings. The Morgan fingerprint density at radius 2 is 0.780 bits per heavy atom. The Labute approximate surface area is 260 Å². The summed E-state index contributed by atoms with van der Waals surface area (Å²) in [5.41, 5.74) is 6.96. The first kappa shape index (κ1) is 28.1. The van der Waals surface area contributed by atoms with Gasteiger partial charge < -0.3 is 4.74 Å². The van der Waals surface area contributed by atoms with Crippen LogP contribution in [-0.4, -0.2) is 13.2 Å². The molecule has 5 heteroatoms. The van der Waals surface area contributed by atoms with Crippen molar-refractivity contribution in [3.63, 3.8) is 0 Å². The standard InChI is InChI=1S/C36H26Cl4O/c37-31-5-1-23(2-6-31)27-17-25(35-11-9-33(39)21-29(35)19-27)13-15-41-16-14-26-18-28(24-3-7-32(38)8-4-24)20-30-22-34(40)10-12-36(26)30/h1-12,17-22H,13-16H2. The number of hydrogen-bond donors (Lipinski definition) is 0. The lowest BCUT2D eigenvalue weighted by Crippen LogP contribution is -2.04. The van der Waals surface area contributed by atoms with Crippen LogP contribution in [0.15, 0.2) is 109 Å². The predicted octanol–water partition coefficient (Wildman–Crippen LogP) is 11.7. The second-order valence-corrected chi connectivity index (χ2v) is 11.9. The van der Waals surface area contributed by atoms with Gasteiger partial charge in [-0.15, -0.1) is 0 Å². The SMILES string of the molecule is Clc1ccc(-c2cc(CCOCCc3cc(-c4ccc(Cl)cc4)cc4cc(Cl)ccc34)c3ccc(Cl)cc3c2)cc1. The number of hydrogen-bond acceptors (Lipinski definition) is 1. The van der Waals surface area contributed by atoms with Crippen molar-refractivity contribution >= 4 is 67.9 Å². The molecule has 204 valence electrons. The highest BCUT2D eigenvalue weighted by Gasteiger charge is 2.10. The van der Waals surface area contributed by atoms with Gasteiger partial charge in [-0.3, -0.25) is 0 Å². The Kier molecular flexibility index (Phi) is 8.53. The highest BCUT2D eigenvalue weighted by atomic mass is 35.5. The van der Waals surface area contributed by atoms with Gasteiger partial charge in [-0.25, -0.2) is 0 Å². The van der Waals surface area contributed by atoms with Gasteiger partial charge >= 0.3 is 0 Å². The number of benzene rings is 6. The first-order valence-corrected chi connectivity index (χ1v) is 15.0. The van der Waals surface area contributed by atoms with E-state index in [0.29, 0.717) is 13.2 Å². The summed E-state index contributed by atoms with van der Waals surface area (Å²) < 4.78 is 6.22. The topological polar surface area (TPSA) is 9.23 Å². The number of rotatable bonds is 8. The van der Waals surface area contributed by atoms with E-state index in [9.17, 15) is 0 Å². The zero-order valence-corrected chi connectivity index (χ0v) is 25.2. The molecule has 0 heterocycles. The molecule has 0 radical (unpaired) electrons. The molecule has 0 saturated carbocycles. The Morgan fingerprint density at radius 3 is 1.20 bits per heavy atom. The quantitative estimate of drug-likeness (QED) is 0.155. The largest absolute Gasteiger partial charge is 0.381 e. The Hall–Kier alpha value is -3.04. The molecular formula is C36H26Cl4O. The zero-order valence-electron chi connectivity index (χ0n) is 22.1. The van der Waals surface area contributed by atoms with Crippen LogP contribution in [0.3, 0.4) is 0 Å². The van der Waals surface area contributed by atoms with Crippen molar-refractivity contribution in [1.82, 2.24) is 0 Å². The second kappa shape index (κ2) is 12.4. The molecule has 0 aliphatic carbocycles. The summed E-state index contributed by atoms with van der Waals surface area (Å²) in [7, 11) is 0. The van der Waals surface area contributed by atoms with Crippen LogP contribution in [0.2, 0.25) is 20.1 Å². The molecule has 0 atom stereocenters. The third kappa shape index (κ3) is 6.56. The fourth-order valence-corrected chi connectivity index (χ4v) is 5.95. The van der Waals surface area contributed by atoms with Gasteiger partial charge in [-0.1, -0.05) is 94.9 Å². The van der Waals surface area contributed by atoms with Gasteiger partial charge in [0.25, 0.3) is 0 Å². The minimum Gasteiger partial charge on any atom is -0.381 e. The zero-order chi connectivity index (χ0) is 28.3. The van der Waals surface area contributed by atoms with Crippen LogP contribution in [0.5, 0.6) is 0 Å². The number of halogens is 4. The average molecular weight is 616 g/mol. The Morgan fingerprint density at radius 1 is 0.390 bits per heavy atom. The summed E-state index contributed by atoms with van der Waals surface area (Å²) in [5, 5.41) is 7.50. The first-order valence-electron chi connectivity index (χ1n) is 13.5. The summed E-state index contributed by atoms with van der Waals surface area (Å²) >= 11 is 24.9. The van der Waals surface area contributed by atoms with E-state index >= 15 is 0 Å². The van der Waals surface area contributed by atoms with Crippen molar-refractivity contribution in [3.8, 4) is 22.3 Å². The molecule has 0 aliphatic rings. The van der Waals surface area contributed by atoms with E-state index in [0.717, 1.165) is 66.0 Å². The van der Waals surface area contributed by atoms with Gasteiger partial charge in [0.15, 0.2) is 0 Å². The smallest absolute Gasteiger partial charge is 0.0506 e. The molecule has 0 spiro atoms. The molecule has 0 bridgehead atoms. The van der Waals surface area contributed by atoms with Crippen molar-refractivity contribution in [2.45, 2.75) is 12.8 Å². The number of ether oxygens (including phenoxy) is 1. The van der Waals surface area contributed by atoms with E-state index in [1.165, 1.54) is 21.9 Å². The molecule has 0 amide bonds. The summed E-state index contributed by atoms with van der Waals surface area (Å²) in [4.78, 5) is 0. The molecule has 1 nitrogen and oxygen atoms in total. The fraction of sp³-hybridized carbons (Fsp3) is 0.111. The van der Waals surface area contributed by atoms with Crippen LogP contribution < -0.4 is 0 Å². The third-order valence-corrected chi connectivity index (χ3v) is 8.36. The molecule has 0 saturated heterocycles. The predicted molar refractivity (Wildman–Crippen MR) is 177 cm³/mol. The van der Waals surface area contributed by atoms with Crippen molar-refractivity contribution in [2.75, 3.05) is 13.2 Å². The monoisotopic (exact) mass is 614 g/mol. The maximum absolute atomic E-state index is 6.35. The van der Waals surface area contributed by atoms with E-state index < -0.39 is 0 Å². The minimum atomic E-state index is 0.614. The maximum Gasteiger partial charge on any atom is 0.0506 e. The lowest BCUT2D eigenvalue weighted by molar-refractivity contribution is 0.140. The Balaban J connectivity index is 1.20. The maximum atomic E-state index is 6.35. The van der Waals surface area contributed by atoms with Crippen LogP contribution in [0.4, 0.5) is 0 Å². The Bertz CT molecular complexity index is 1710. The van der Waals surface area contributed by atoms with E-state index in [1.54, 1.807) is 0 Å². The summed E-state index contributed by atoms with van der Waals surface area (Å²) in [6, 6.07) is 36.8. The van der Waals surface area contributed by atoms with Crippen molar-refractivity contribution in [1.29, 1.82) is 0 Å². The van der Waals surface area contributed by atoms with E-state index in [2.05, 4.69) is 36.4 Å². The van der Waals surface area contributed by atoms with Crippen LogP contribution in [0.1, 0.15) is 11.1 Å². The van der Waals surface area contributed by atoms with Gasteiger partial charge in [0.1, 0.15) is 0 Å². The molecule has 0 aromatic heterocycles. The van der Waals surface area contributed by atoms with Crippen molar-refractivity contribution in [2.24, 2.45) is 0 Å². The molecular weight excluding hydrogens is 590 g/mol. The summed E-state index contributed by atoms with van der Waals surface area (Å²) in [6.45, 7) is 1.23. The van der Waals surface area contributed by atoms with E-state index in [-0.39, 0.29) is 0 Å². The molecule has 41 heavy (non-hydrogen) atoms. The van der Waals surface area contributed by atoms with Crippen LogP contribution in [0.25, 0.3) is 43.8 Å². The first-order chi connectivity index (χ1) is 19.9. The molecule has 0 N–H and O–H groups in total. The number of fused-ring (bicyclic) bond motifs is 2. The molecule has 6 rings (SSSR count). The molecule has 6 aromatic carbocycles. The van der Waals surface area contributed by atoms with Gasteiger partial charge in [0, 0.05) is 20.1 Å². The fourth-order valence-electron chi connectivity index (χ4n) is 5.34. The third-order valence-electron chi connectivity index (χ3n) is 7.39. The van der Waals surface area contributed by atoms with Crippen LogP contribution in [0, 0.1) is 0 Å². The lowest BCUT2D eigenvalue weighted by Gasteiger charge is -2.13. The van der Waals surface area contributed by atoms with E-state index in [1.807, 2.05) is 72.8 Å².